The van der Waals surface area contributed by atoms with Crippen molar-refractivity contribution in [1.82, 2.24) is 20.4 Å². The third-order valence-electron chi connectivity index (χ3n) is 5.91. The molecule has 1 aromatic carbocycles. The zero-order valence-electron chi connectivity index (χ0n) is 15.2. The Bertz CT molecular complexity index is 973. The highest BCUT2D eigenvalue weighted by Crippen LogP contribution is 2.39. The van der Waals surface area contributed by atoms with Crippen LogP contribution in [0.4, 0.5) is 0 Å². The molecule has 5 heterocycles. The number of nitrogens with zero attached hydrogens (tertiary/aromatic N) is 2. The molecule has 140 valence electrons. The van der Waals surface area contributed by atoms with Gasteiger partial charge in [0.15, 0.2) is 5.69 Å². The molecule has 1 amide bonds. The Balaban J connectivity index is 1.54. The molecular weight excluding hydrogens is 360 g/mol. The van der Waals surface area contributed by atoms with Gasteiger partial charge in [-0.05, 0) is 66.4 Å². The van der Waals surface area contributed by atoms with Crippen LogP contribution in [0, 0.1) is 5.92 Å². The molecule has 0 radical (unpaired) electrons. The number of nitrogens with one attached hydrogen (secondary N) is 2. The quantitative estimate of drug-likeness (QED) is 0.727. The van der Waals surface area contributed by atoms with Crippen LogP contribution in [0.1, 0.15) is 23.3 Å². The van der Waals surface area contributed by atoms with E-state index in [-0.39, 0.29) is 11.9 Å². The number of piperidine rings is 3. The Kier molecular flexibility index (Phi) is 4.13. The summed E-state index contributed by atoms with van der Waals surface area (Å²) in [5.41, 5.74) is 3.25. The second-order valence-corrected chi connectivity index (χ2v) is 8.15. The fraction of sp³-hybridized carbons (Fsp3) is 0.400. The summed E-state index contributed by atoms with van der Waals surface area (Å²) >= 11 is 1.62. The molecule has 0 aliphatic carbocycles. The number of aromatic nitrogens is 2. The number of carbonyl (C=O) groups excluding carboxylic acids is 1. The number of ether oxygens (including phenoxy) is 1. The summed E-state index contributed by atoms with van der Waals surface area (Å²) in [6, 6.07) is 6.09. The van der Waals surface area contributed by atoms with Crippen LogP contribution < -0.4 is 10.1 Å². The maximum Gasteiger partial charge on any atom is 0.272 e. The van der Waals surface area contributed by atoms with Gasteiger partial charge in [-0.1, -0.05) is 0 Å². The van der Waals surface area contributed by atoms with Crippen molar-refractivity contribution >= 4 is 28.1 Å². The number of amides is 1. The topological polar surface area (TPSA) is 70.2 Å². The summed E-state index contributed by atoms with van der Waals surface area (Å²) in [6.07, 6.45) is 2.33. The highest BCUT2D eigenvalue weighted by molar-refractivity contribution is 7.08. The highest BCUT2D eigenvalue weighted by Gasteiger charge is 2.35. The minimum Gasteiger partial charge on any atom is -0.496 e. The van der Waals surface area contributed by atoms with Crippen molar-refractivity contribution < 1.29 is 9.53 Å². The number of H-pyrrole nitrogens is 1. The zero-order chi connectivity index (χ0) is 18.4. The molecule has 0 spiro atoms. The van der Waals surface area contributed by atoms with Gasteiger partial charge in [0, 0.05) is 23.5 Å². The van der Waals surface area contributed by atoms with Gasteiger partial charge in [-0.15, -0.1) is 0 Å². The molecule has 3 fully saturated rings. The van der Waals surface area contributed by atoms with Crippen LogP contribution in [0.15, 0.2) is 29.0 Å². The van der Waals surface area contributed by atoms with Crippen LogP contribution in [0.25, 0.3) is 22.0 Å². The monoisotopic (exact) mass is 382 g/mol. The number of benzene rings is 1. The largest absolute Gasteiger partial charge is 0.496 e. The van der Waals surface area contributed by atoms with Gasteiger partial charge >= 0.3 is 0 Å². The molecule has 0 saturated carbocycles. The Morgan fingerprint density at radius 2 is 2.19 bits per heavy atom. The first-order chi connectivity index (χ1) is 13.2. The number of fused-ring (bicyclic) bond motifs is 4. The minimum absolute atomic E-state index is 0.107. The van der Waals surface area contributed by atoms with E-state index >= 15 is 0 Å². The second-order valence-electron chi connectivity index (χ2n) is 7.37. The number of carbonyl (C=O) groups is 1. The summed E-state index contributed by atoms with van der Waals surface area (Å²) in [5.74, 6) is 1.22. The highest BCUT2D eigenvalue weighted by atomic mass is 32.1. The van der Waals surface area contributed by atoms with E-state index in [1.807, 2.05) is 23.6 Å². The maximum atomic E-state index is 13.1. The van der Waals surface area contributed by atoms with Gasteiger partial charge in [-0.2, -0.15) is 16.4 Å². The number of hydrogen-bond acceptors (Lipinski definition) is 5. The number of aromatic amines is 1. The fourth-order valence-corrected chi connectivity index (χ4v) is 5.13. The molecule has 0 unspecified atom stereocenters. The van der Waals surface area contributed by atoms with Gasteiger partial charge in [0.1, 0.15) is 5.75 Å². The molecule has 7 heteroatoms. The lowest BCUT2D eigenvalue weighted by molar-refractivity contribution is 0.0618. The van der Waals surface area contributed by atoms with Crippen LogP contribution in [0.5, 0.6) is 5.75 Å². The summed E-state index contributed by atoms with van der Waals surface area (Å²) in [4.78, 5) is 15.6. The average molecular weight is 382 g/mol. The standard InChI is InChI=1S/C20H22N4O2S/c1-26-16-3-2-14-18(17(16)13-6-9-27-11-13)19(23-22-14)20(25)21-15-10-24-7-4-12(15)5-8-24/h2-3,6,9,11-12,15H,4-5,7-8,10H2,1H3,(H,21,25)(H,22,23)/t15-/m1/s1. The molecule has 3 aromatic rings. The number of rotatable bonds is 4. The molecule has 6 nitrogen and oxygen atoms in total. The molecule has 3 saturated heterocycles. The van der Waals surface area contributed by atoms with Crippen molar-refractivity contribution in [2.24, 2.45) is 5.92 Å². The van der Waals surface area contributed by atoms with E-state index in [0.717, 1.165) is 47.4 Å². The normalized spacial score (nSPS) is 24.3. The van der Waals surface area contributed by atoms with Crippen molar-refractivity contribution in [1.29, 1.82) is 0 Å². The van der Waals surface area contributed by atoms with Crippen LogP contribution in [-0.4, -0.2) is 53.8 Å². The lowest BCUT2D eigenvalue weighted by atomic mass is 9.84. The summed E-state index contributed by atoms with van der Waals surface area (Å²) < 4.78 is 5.60. The molecule has 3 aliphatic heterocycles. The first kappa shape index (κ1) is 16.8. The summed E-state index contributed by atoms with van der Waals surface area (Å²) in [6.45, 7) is 3.25. The lowest BCUT2D eigenvalue weighted by Crippen LogP contribution is -2.57. The average Bonchev–Trinajstić information content (AvgIpc) is 3.38. The van der Waals surface area contributed by atoms with Crippen molar-refractivity contribution in [3.63, 3.8) is 0 Å². The minimum atomic E-state index is -0.107. The van der Waals surface area contributed by atoms with Gasteiger partial charge in [-0.3, -0.25) is 9.89 Å². The van der Waals surface area contributed by atoms with E-state index in [9.17, 15) is 4.79 Å². The molecule has 1 atom stereocenters. The summed E-state index contributed by atoms with van der Waals surface area (Å²) in [7, 11) is 1.66. The van der Waals surface area contributed by atoms with E-state index in [0.29, 0.717) is 11.6 Å². The van der Waals surface area contributed by atoms with Gasteiger partial charge in [0.2, 0.25) is 0 Å². The Labute approximate surface area is 161 Å². The van der Waals surface area contributed by atoms with Crippen molar-refractivity contribution in [2.45, 2.75) is 18.9 Å². The van der Waals surface area contributed by atoms with Crippen molar-refractivity contribution in [2.75, 3.05) is 26.7 Å². The van der Waals surface area contributed by atoms with E-state index < -0.39 is 0 Å². The zero-order valence-corrected chi connectivity index (χ0v) is 16.0. The van der Waals surface area contributed by atoms with E-state index in [1.54, 1.807) is 18.4 Å². The smallest absolute Gasteiger partial charge is 0.272 e. The Hall–Kier alpha value is -2.38. The predicted octanol–water partition coefficient (Wildman–Crippen LogP) is 3.12. The first-order valence-corrected chi connectivity index (χ1v) is 10.3. The Morgan fingerprint density at radius 1 is 1.33 bits per heavy atom. The number of methoxy groups -OCH3 is 1. The van der Waals surface area contributed by atoms with E-state index in [2.05, 4.69) is 25.8 Å². The first-order valence-electron chi connectivity index (χ1n) is 9.35. The third kappa shape index (κ3) is 2.82. The van der Waals surface area contributed by atoms with Gasteiger partial charge in [0.05, 0.1) is 12.6 Å². The Morgan fingerprint density at radius 3 is 2.85 bits per heavy atom. The molecule has 27 heavy (non-hydrogen) atoms. The number of hydrogen-bond donors (Lipinski definition) is 2. The van der Waals surface area contributed by atoms with E-state index in [4.69, 9.17) is 4.74 Å². The van der Waals surface area contributed by atoms with E-state index in [1.165, 1.54) is 12.8 Å². The van der Waals surface area contributed by atoms with Gasteiger partial charge in [0.25, 0.3) is 5.91 Å². The second kappa shape index (κ2) is 6.65. The van der Waals surface area contributed by atoms with Crippen molar-refractivity contribution in [3.05, 3.63) is 34.7 Å². The molecule has 6 rings (SSSR count). The van der Waals surface area contributed by atoms with Crippen LogP contribution in [0.3, 0.4) is 0 Å². The molecular formula is C20H22N4O2S. The maximum absolute atomic E-state index is 13.1. The fourth-order valence-electron chi connectivity index (χ4n) is 4.49. The molecule has 2 N–H and O–H groups in total. The van der Waals surface area contributed by atoms with Gasteiger partial charge < -0.3 is 15.0 Å². The van der Waals surface area contributed by atoms with Crippen molar-refractivity contribution in [3.8, 4) is 16.9 Å². The molecule has 2 bridgehead atoms. The number of thiophene rings is 1. The van der Waals surface area contributed by atoms with Gasteiger partial charge in [-0.25, -0.2) is 0 Å². The SMILES string of the molecule is COc1ccc2[nH]nc(C(=O)N[C@@H]3CN4CCC3CC4)c2c1-c1ccsc1. The van der Waals surface area contributed by atoms with Crippen LogP contribution in [0.2, 0.25) is 0 Å². The molecule has 3 aliphatic rings. The van der Waals surface area contributed by atoms with Crippen LogP contribution in [-0.2, 0) is 0 Å². The summed E-state index contributed by atoms with van der Waals surface area (Å²) in [5, 5.41) is 15.6. The third-order valence-corrected chi connectivity index (χ3v) is 6.59. The lowest BCUT2D eigenvalue weighted by Gasteiger charge is -2.44. The molecule has 2 aromatic heterocycles. The predicted molar refractivity (Wildman–Crippen MR) is 106 cm³/mol. The van der Waals surface area contributed by atoms with Crippen LogP contribution >= 0.6 is 11.3 Å².